The van der Waals surface area contributed by atoms with Crippen LogP contribution in [0.2, 0.25) is 0 Å². The zero-order chi connectivity index (χ0) is 20.3. The molecule has 7 nitrogen and oxygen atoms in total. The fourth-order valence-corrected chi connectivity index (χ4v) is 5.06. The van der Waals surface area contributed by atoms with Crippen molar-refractivity contribution in [3.8, 4) is 0 Å². The molecule has 3 aromatic carbocycles. The molecule has 0 atom stereocenters. The van der Waals surface area contributed by atoms with Gasteiger partial charge in [0.25, 0.3) is 0 Å². The molecule has 0 fully saturated rings. The number of unbranched alkanes of at least 4 members (excludes halogenated alkanes) is 1. The third-order valence-corrected chi connectivity index (χ3v) is 6.71. The van der Waals surface area contributed by atoms with Gasteiger partial charge in [-0.1, -0.05) is 47.6 Å². The minimum atomic E-state index is -3.77. The van der Waals surface area contributed by atoms with E-state index in [0.29, 0.717) is 22.8 Å². The standard InChI is InChI=1S/C21H19N5O2S/c22-26-23-13-4-3-6-15-11-12-19-18(14-15)21(25-24-19)29(27,28)20-10-5-8-16-7-1-2-9-17(16)20/h1-2,5,7-12,14H,3-4,6,13H2,(H,24,25). The van der Waals surface area contributed by atoms with E-state index in [9.17, 15) is 8.42 Å². The number of aryl methyl sites for hydroxylation is 1. The normalized spacial score (nSPS) is 11.6. The molecule has 146 valence electrons. The zero-order valence-corrected chi connectivity index (χ0v) is 16.4. The lowest BCUT2D eigenvalue weighted by molar-refractivity contribution is 0.593. The zero-order valence-electron chi connectivity index (χ0n) is 15.6. The Balaban J connectivity index is 1.73. The Kier molecular flexibility index (Phi) is 5.20. The van der Waals surface area contributed by atoms with Crippen LogP contribution in [-0.2, 0) is 16.3 Å². The van der Waals surface area contributed by atoms with Crippen molar-refractivity contribution in [1.82, 2.24) is 10.2 Å². The number of nitrogens with one attached hydrogen (secondary N) is 1. The third-order valence-electron chi connectivity index (χ3n) is 4.93. The monoisotopic (exact) mass is 405 g/mol. The lowest BCUT2D eigenvalue weighted by Gasteiger charge is -2.07. The highest BCUT2D eigenvalue weighted by molar-refractivity contribution is 7.91. The predicted molar refractivity (Wildman–Crippen MR) is 112 cm³/mol. The van der Waals surface area contributed by atoms with E-state index in [1.807, 2.05) is 48.5 Å². The molecule has 1 heterocycles. The van der Waals surface area contributed by atoms with Gasteiger partial charge in [0.05, 0.1) is 10.4 Å². The number of azide groups is 1. The molecule has 0 radical (unpaired) electrons. The van der Waals surface area contributed by atoms with Crippen LogP contribution < -0.4 is 0 Å². The van der Waals surface area contributed by atoms with Crippen molar-refractivity contribution in [2.75, 3.05) is 6.54 Å². The molecule has 0 amide bonds. The summed E-state index contributed by atoms with van der Waals surface area (Å²) in [4.78, 5) is 3.01. The first-order valence-corrected chi connectivity index (χ1v) is 10.8. The van der Waals surface area contributed by atoms with Gasteiger partial charge in [0.15, 0.2) is 5.03 Å². The number of rotatable bonds is 7. The summed E-state index contributed by atoms with van der Waals surface area (Å²) in [6, 6.07) is 18.4. The number of aromatic amines is 1. The van der Waals surface area contributed by atoms with Crippen LogP contribution in [0, 0.1) is 0 Å². The molecule has 0 saturated heterocycles. The summed E-state index contributed by atoms with van der Waals surface area (Å²) >= 11 is 0. The number of H-pyrrole nitrogens is 1. The number of sulfone groups is 1. The molecule has 29 heavy (non-hydrogen) atoms. The van der Waals surface area contributed by atoms with Crippen molar-refractivity contribution in [2.45, 2.75) is 29.2 Å². The Morgan fingerprint density at radius 3 is 2.69 bits per heavy atom. The summed E-state index contributed by atoms with van der Waals surface area (Å²) in [5.41, 5.74) is 9.97. The van der Waals surface area contributed by atoms with Gasteiger partial charge in [-0.3, -0.25) is 5.10 Å². The van der Waals surface area contributed by atoms with Gasteiger partial charge in [-0.25, -0.2) is 8.42 Å². The summed E-state index contributed by atoms with van der Waals surface area (Å²) in [6.07, 6.45) is 2.41. The molecule has 0 aliphatic rings. The molecule has 0 bridgehead atoms. The van der Waals surface area contributed by atoms with E-state index in [0.717, 1.165) is 30.2 Å². The Hall–Kier alpha value is -3.35. The predicted octanol–water partition coefficient (Wildman–Crippen LogP) is 5.18. The van der Waals surface area contributed by atoms with Crippen molar-refractivity contribution < 1.29 is 8.42 Å². The van der Waals surface area contributed by atoms with Gasteiger partial charge < -0.3 is 0 Å². The number of benzene rings is 3. The van der Waals surface area contributed by atoms with Crippen LogP contribution in [0.25, 0.3) is 32.1 Å². The fraction of sp³-hybridized carbons (Fsp3) is 0.190. The first-order valence-electron chi connectivity index (χ1n) is 9.32. The summed E-state index contributed by atoms with van der Waals surface area (Å²) in [5, 5.41) is 12.7. The van der Waals surface area contributed by atoms with Crippen molar-refractivity contribution >= 4 is 31.5 Å². The highest BCUT2D eigenvalue weighted by Crippen LogP contribution is 2.31. The summed E-state index contributed by atoms with van der Waals surface area (Å²) < 4.78 is 26.9. The number of fused-ring (bicyclic) bond motifs is 2. The number of aromatic nitrogens is 2. The summed E-state index contributed by atoms with van der Waals surface area (Å²) in [7, 11) is -3.77. The summed E-state index contributed by atoms with van der Waals surface area (Å²) in [6.45, 7) is 0.463. The minimum Gasteiger partial charge on any atom is -0.266 e. The van der Waals surface area contributed by atoms with Gasteiger partial charge >= 0.3 is 0 Å². The molecular weight excluding hydrogens is 386 g/mol. The first-order chi connectivity index (χ1) is 14.1. The van der Waals surface area contributed by atoms with Gasteiger partial charge in [0.1, 0.15) is 0 Å². The van der Waals surface area contributed by atoms with Crippen LogP contribution in [-0.4, -0.2) is 25.2 Å². The van der Waals surface area contributed by atoms with Crippen LogP contribution in [0.4, 0.5) is 0 Å². The molecule has 0 saturated carbocycles. The fourth-order valence-electron chi connectivity index (χ4n) is 3.49. The third kappa shape index (κ3) is 3.68. The molecule has 0 aliphatic heterocycles. The molecule has 4 aromatic rings. The molecule has 0 unspecified atom stereocenters. The van der Waals surface area contributed by atoms with E-state index in [1.54, 1.807) is 12.1 Å². The number of hydrogen-bond acceptors (Lipinski definition) is 4. The largest absolute Gasteiger partial charge is 0.266 e. The lowest BCUT2D eigenvalue weighted by atomic mass is 10.1. The van der Waals surface area contributed by atoms with Crippen molar-refractivity contribution in [2.24, 2.45) is 5.11 Å². The first kappa shape index (κ1) is 19.0. The van der Waals surface area contributed by atoms with Gasteiger partial charge in [-0.15, -0.1) is 0 Å². The number of hydrogen-bond donors (Lipinski definition) is 1. The Labute approximate surface area is 167 Å². The van der Waals surface area contributed by atoms with Crippen LogP contribution in [0.5, 0.6) is 0 Å². The van der Waals surface area contributed by atoms with E-state index < -0.39 is 9.84 Å². The average Bonchev–Trinajstić information content (AvgIpc) is 3.17. The maximum absolute atomic E-state index is 13.4. The van der Waals surface area contributed by atoms with Crippen molar-refractivity contribution in [1.29, 1.82) is 0 Å². The van der Waals surface area contributed by atoms with Crippen LogP contribution in [0.15, 0.2) is 75.7 Å². The van der Waals surface area contributed by atoms with Gasteiger partial charge in [0, 0.05) is 22.2 Å². The van der Waals surface area contributed by atoms with E-state index in [-0.39, 0.29) is 9.92 Å². The Morgan fingerprint density at radius 2 is 1.83 bits per heavy atom. The van der Waals surface area contributed by atoms with Crippen molar-refractivity contribution in [3.05, 3.63) is 76.7 Å². The van der Waals surface area contributed by atoms with E-state index >= 15 is 0 Å². The van der Waals surface area contributed by atoms with Gasteiger partial charge in [-0.2, -0.15) is 5.10 Å². The van der Waals surface area contributed by atoms with Crippen LogP contribution >= 0.6 is 0 Å². The second kappa shape index (κ2) is 7.95. The molecule has 1 N–H and O–H groups in total. The average molecular weight is 405 g/mol. The molecule has 0 spiro atoms. The van der Waals surface area contributed by atoms with Gasteiger partial charge in [-0.05, 0) is 53.9 Å². The van der Waals surface area contributed by atoms with Crippen LogP contribution in [0.3, 0.4) is 0 Å². The molecule has 4 rings (SSSR count). The molecule has 8 heteroatoms. The second-order valence-electron chi connectivity index (χ2n) is 6.80. The number of nitrogens with zero attached hydrogens (tertiary/aromatic N) is 4. The Bertz CT molecular complexity index is 1330. The Morgan fingerprint density at radius 1 is 1.00 bits per heavy atom. The highest BCUT2D eigenvalue weighted by Gasteiger charge is 2.25. The molecule has 0 aliphatic carbocycles. The van der Waals surface area contributed by atoms with E-state index in [1.165, 1.54) is 0 Å². The van der Waals surface area contributed by atoms with Gasteiger partial charge in [0.2, 0.25) is 9.84 Å². The topological polar surface area (TPSA) is 112 Å². The quantitative estimate of drug-likeness (QED) is 0.198. The van der Waals surface area contributed by atoms with E-state index in [2.05, 4.69) is 20.2 Å². The molecular formula is C21H19N5O2S. The maximum Gasteiger partial charge on any atom is 0.224 e. The van der Waals surface area contributed by atoms with Crippen molar-refractivity contribution in [3.63, 3.8) is 0 Å². The molecule has 1 aromatic heterocycles. The lowest BCUT2D eigenvalue weighted by Crippen LogP contribution is -2.04. The summed E-state index contributed by atoms with van der Waals surface area (Å²) in [5.74, 6) is 0. The SMILES string of the molecule is [N-]=[N+]=NCCCCc1ccc2n[nH]c(S(=O)(=O)c3cccc4ccccc34)c2c1. The minimum absolute atomic E-state index is 0.111. The highest BCUT2D eigenvalue weighted by atomic mass is 32.2. The maximum atomic E-state index is 13.4. The van der Waals surface area contributed by atoms with E-state index in [4.69, 9.17) is 5.53 Å². The second-order valence-corrected chi connectivity index (χ2v) is 8.65. The van der Waals surface area contributed by atoms with Crippen LogP contribution in [0.1, 0.15) is 18.4 Å². The smallest absolute Gasteiger partial charge is 0.224 e.